The number of rotatable bonds is 7. The third-order valence-electron chi connectivity index (χ3n) is 4.99. The van der Waals surface area contributed by atoms with Gasteiger partial charge in [-0.2, -0.15) is 9.78 Å². The van der Waals surface area contributed by atoms with Gasteiger partial charge in [0.15, 0.2) is 0 Å². The topological polar surface area (TPSA) is 84.2 Å². The van der Waals surface area contributed by atoms with Crippen molar-refractivity contribution in [2.45, 2.75) is 26.3 Å². The molecule has 0 aliphatic carbocycles. The molecule has 0 spiro atoms. The average molecular weight is 445 g/mol. The normalized spacial score (nSPS) is 12.2. The van der Waals surface area contributed by atoms with Crippen molar-refractivity contribution >= 4 is 5.91 Å². The zero-order chi connectivity index (χ0) is 23.4. The number of hydrogen-bond acceptors (Lipinski definition) is 4. The lowest BCUT2D eigenvalue weighted by Crippen LogP contribution is -2.43. The summed E-state index contributed by atoms with van der Waals surface area (Å²) in [4.78, 5) is 25.9. The van der Waals surface area contributed by atoms with Gasteiger partial charge < -0.3 is 10.4 Å². The summed E-state index contributed by atoms with van der Waals surface area (Å²) in [6.45, 7) is 3.28. The van der Waals surface area contributed by atoms with Crippen LogP contribution in [0.3, 0.4) is 0 Å². The molecule has 0 bridgehead atoms. The third kappa shape index (κ3) is 5.05. The maximum Gasteiger partial charge on any atom is 0.284 e. The zero-order valence-corrected chi connectivity index (χ0v) is 17.4. The Bertz CT molecular complexity index is 1160. The molecule has 2 aromatic carbocycles. The molecule has 2 N–H and O–H groups in total. The Balaban J connectivity index is 2.15. The van der Waals surface area contributed by atoms with Crippen LogP contribution in [-0.2, 0) is 0 Å². The lowest BCUT2D eigenvalue weighted by molar-refractivity contribution is 0.0894. The minimum Gasteiger partial charge on any atom is -0.394 e. The molecule has 32 heavy (non-hydrogen) atoms. The van der Waals surface area contributed by atoms with E-state index in [1.54, 1.807) is 13.8 Å². The highest BCUT2D eigenvalue weighted by Crippen LogP contribution is 2.23. The van der Waals surface area contributed by atoms with Crippen molar-refractivity contribution in [2.75, 3.05) is 6.61 Å². The van der Waals surface area contributed by atoms with Crippen LogP contribution in [0.2, 0.25) is 0 Å². The first-order valence-electron chi connectivity index (χ1n) is 9.91. The summed E-state index contributed by atoms with van der Waals surface area (Å²) in [6, 6.07) is 11.0. The molecule has 1 aromatic heterocycles. The molecule has 0 saturated carbocycles. The minimum absolute atomic E-state index is 0.0951. The highest BCUT2D eigenvalue weighted by Gasteiger charge is 2.22. The van der Waals surface area contributed by atoms with E-state index in [1.165, 1.54) is 48.5 Å². The van der Waals surface area contributed by atoms with Crippen molar-refractivity contribution in [3.05, 3.63) is 81.9 Å². The molecular weight excluding hydrogens is 423 g/mol. The van der Waals surface area contributed by atoms with Crippen LogP contribution in [0.5, 0.6) is 0 Å². The average Bonchev–Trinajstić information content (AvgIpc) is 2.77. The molecule has 1 unspecified atom stereocenters. The van der Waals surface area contributed by atoms with E-state index in [9.17, 15) is 27.9 Å². The molecule has 1 heterocycles. The molecule has 0 aliphatic heterocycles. The smallest absolute Gasteiger partial charge is 0.284 e. The predicted octanol–water partition coefficient (Wildman–Crippen LogP) is 3.72. The Labute approximate surface area is 182 Å². The summed E-state index contributed by atoms with van der Waals surface area (Å²) in [5.41, 5.74) is -0.621. The van der Waals surface area contributed by atoms with E-state index in [4.69, 9.17) is 0 Å². The Kier molecular flexibility index (Phi) is 7.09. The highest BCUT2D eigenvalue weighted by molar-refractivity contribution is 5.95. The number of aliphatic hydroxyl groups excluding tert-OH is 1. The van der Waals surface area contributed by atoms with Gasteiger partial charge in [0.25, 0.3) is 17.9 Å². The molecule has 168 valence electrons. The van der Waals surface area contributed by atoms with Crippen molar-refractivity contribution in [2.24, 2.45) is 5.92 Å². The fourth-order valence-electron chi connectivity index (χ4n) is 3.05. The van der Waals surface area contributed by atoms with Crippen LogP contribution >= 0.6 is 0 Å². The van der Waals surface area contributed by atoms with Crippen molar-refractivity contribution in [1.82, 2.24) is 15.1 Å². The van der Waals surface area contributed by atoms with Crippen molar-refractivity contribution in [3.63, 3.8) is 0 Å². The van der Waals surface area contributed by atoms with Gasteiger partial charge in [-0.3, -0.25) is 9.59 Å². The number of nitrogens with zero attached hydrogens (tertiary/aromatic N) is 2. The van der Waals surface area contributed by atoms with Gasteiger partial charge in [-0.05, 0) is 30.2 Å². The van der Waals surface area contributed by atoms with Crippen molar-refractivity contribution in [1.29, 1.82) is 0 Å². The first-order valence-corrected chi connectivity index (χ1v) is 9.91. The second-order valence-electron chi connectivity index (χ2n) is 7.57. The first kappa shape index (κ1) is 23.2. The fraction of sp³-hybridized carbons (Fsp3) is 0.261. The van der Waals surface area contributed by atoms with E-state index < -0.39 is 29.8 Å². The molecule has 0 saturated heterocycles. The van der Waals surface area contributed by atoms with Crippen LogP contribution in [0.1, 0.15) is 36.2 Å². The van der Waals surface area contributed by atoms with Crippen LogP contribution in [-0.4, -0.2) is 33.4 Å². The van der Waals surface area contributed by atoms with Crippen LogP contribution in [0.25, 0.3) is 16.9 Å². The molecule has 1 amide bonds. The number of aromatic nitrogens is 2. The molecule has 0 fully saturated rings. The number of halogens is 3. The van der Waals surface area contributed by atoms with Gasteiger partial charge in [0.05, 0.1) is 24.0 Å². The zero-order valence-electron chi connectivity index (χ0n) is 17.4. The number of aliphatic hydroxyl groups is 1. The Hall–Kier alpha value is -3.46. The highest BCUT2D eigenvalue weighted by atomic mass is 19.3. The molecule has 3 aromatic rings. The quantitative estimate of drug-likeness (QED) is 0.581. The fourth-order valence-corrected chi connectivity index (χ4v) is 3.05. The van der Waals surface area contributed by atoms with E-state index in [1.807, 2.05) is 0 Å². The maximum atomic E-state index is 13.8. The van der Waals surface area contributed by atoms with Crippen LogP contribution < -0.4 is 10.9 Å². The molecule has 0 radical (unpaired) electrons. The van der Waals surface area contributed by atoms with Gasteiger partial charge in [-0.1, -0.05) is 44.2 Å². The summed E-state index contributed by atoms with van der Waals surface area (Å²) >= 11 is 0. The molecule has 1 atom stereocenters. The number of alkyl halides is 2. The summed E-state index contributed by atoms with van der Waals surface area (Å²) in [6.07, 6.45) is -2.65. The second kappa shape index (κ2) is 9.78. The first-order chi connectivity index (χ1) is 15.2. The van der Waals surface area contributed by atoms with Crippen LogP contribution in [0.15, 0.2) is 59.4 Å². The van der Waals surface area contributed by atoms with Gasteiger partial charge in [-0.25, -0.2) is 13.2 Å². The van der Waals surface area contributed by atoms with Gasteiger partial charge >= 0.3 is 0 Å². The standard InChI is InChI=1S/C23H22F3N3O3/c1-13(2)20(12-30)27-22(31)18-11-19(14-6-8-15(9-7-14)21(25)26)28-29(23(18)32)17-5-3-4-16(24)10-17/h3-11,13,20-21,30H,12H2,1-2H3,(H,27,31). The van der Waals surface area contributed by atoms with E-state index >= 15 is 0 Å². The Morgan fingerprint density at radius 1 is 1.12 bits per heavy atom. The van der Waals surface area contributed by atoms with Crippen LogP contribution in [0.4, 0.5) is 13.2 Å². The van der Waals surface area contributed by atoms with E-state index in [2.05, 4.69) is 10.4 Å². The van der Waals surface area contributed by atoms with Gasteiger partial charge in [0, 0.05) is 11.1 Å². The van der Waals surface area contributed by atoms with Crippen molar-refractivity contribution in [3.8, 4) is 16.9 Å². The summed E-state index contributed by atoms with van der Waals surface area (Å²) < 4.78 is 40.5. The number of carbonyl (C=O) groups excluding carboxylic acids is 1. The minimum atomic E-state index is -2.65. The summed E-state index contributed by atoms with van der Waals surface area (Å²) in [5.74, 6) is -1.44. The number of carbonyl (C=O) groups is 1. The molecule has 9 heteroatoms. The Morgan fingerprint density at radius 3 is 2.38 bits per heavy atom. The van der Waals surface area contributed by atoms with E-state index in [0.29, 0.717) is 5.56 Å². The summed E-state index contributed by atoms with van der Waals surface area (Å²) in [7, 11) is 0. The van der Waals surface area contributed by atoms with Gasteiger partial charge in [0.2, 0.25) is 0 Å². The number of benzene rings is 2. The third-order valence-corrected chi connectivity index (χ3v) is 4.99. The van der Waals surface area contributed by atoms with Gasteiger partial charge in [-0.15, -0.1) is 0 Å². The summed E-state index contributed by atoms with van der Waals surface area (Å²) in [5, 5.41) is 16.4. The molecule has 3 rings (SSSR count). The van der Waals surface area contributed by atoms with Crippen LogP contribution in [0, 0.1) is 11.7 Å². The maximum absolute atomic E-state index is 13.8. The molecular formula is C23H22F3N3O3. The lowest BCUT2D eigenvalue weighted by Gasteiger charge is -2.20. The Morgan fingerprint density at radius 2 is 1.81 bits per heavy atom. The van der Waals surface area contributed by atoms with E-state index in [-0.39, 0.29) is 35.0 Å². The second-order valence-corrected chi connectivity index (χ2v) is 7.57. The van der Waals surface area contributed by atoms with Gasteiger partial charge in [0.1, 0.15) is 11.4 Å². The van der Waals surface area contributed by atoms with Crippen molar-refractivity contribution < 1.29 is 23.1 Å². The number of amides is 1. The number of hydrogen-bond donors (Lipinski definition) is 2. The predicted molar refractivity (Wildman–Crippen MR) is 113 cm³/mol. The largest absolute Gasteiger partial charge is 0.394 e. The van der Waals surface area contributed by atoms with E-state index in [0.717, 1.165) is 10.7 Å². The SMILES string of the molecule is CC(C)C(CO)NC(=O)c1cc(-c2ccc(C(F)F)cc2)nn(-c2cccc(F)c2)c1=O. The molecule has 6 nitrogen and oxygen atoms in total. The molecule has 0 aliphatic rings. The monoisotopic (exact) mass is 445 g/mol. The number of nitrogens with one attached hydrogen (secondary N) is 1. The lowest BCUT2D eigenvalue weighted by atomic mass is 10.0.